The highest BCUT2D eigenvalue weighted by Crippen LogP contribution is 2.24. The second kappa shape index (κ2) is 7.99. The van der Waals surface area contributed by atoms with Gasteiger partial charge in [-0.2, -0.15) is 0 Å². The first-order valence-corrected chi connectivity index (χ1v) is 8.43. The topological polar surface area (TPSA) is 67.2 Å². The molecule has 2 N–H and O–H groups in total. The molecule has 0 atom stereocenters. The molecule has 3 aromatic rings. The highest BCUT2D eigenvalue weighted by Gasteiger charge is 2.09. The first-order valence-electron chi connectivity index (χ1n) is 8.05. The Morgan fingerprint density at radius 2 is 2.04 bits per heavy atom. The number of hydrogen-bond donors (Lipinski definition) is 2. The maximum absolute atomic E-state index is 11.1. The van der Waals surface area contributed by atoms with Gasteiger partial charge in [0.25, 0.3) is 5.91 Å². The first kappa shape index (κ1) is 17.9. The quantitative estimate of drug-likeness (QED) is 0.405. The molecule has 1 heterocycles. The fourth-order valence-corrected chi connectivity index (χ4v) is 2.82. The summed E-state index contributed by atoms with van der Waals surface area (Å²) in [6, 6.07) is 15.5. The van der Waals surface area contributed by atoms with Crippen LogP contribution in [0.2, 0.25) is 5.02 Å². The summed E-state index contributed by atoms with van der Waals surface area (Å²) in [5.41, 5.74) is 6.55. The van der Waals surface area contributed by atoms with E-state index in [1.54, 1.807) is 11.6 Å². The molecule has 1 aromatic heterocycles. The predicted octanol–water partition coefficient (Wildman–Crippen LogP) is 4.08. The largest absolute Gasteiger partial charge is 0.330 e. The van der Waals surface area contributed by atoms with Crippen LogP contribution in [0.5, 0.6) is 0 Å². The van der Waals surface area contributed by atoms with E-state index < -0.39 is 5.91 Å². The van der Waals surface area contributed by atoms with Crippen LogP contribution in [-0.2, 0) is 11.3 Å². The molecule has 5 nitrogen and oxygen atoms in total. The third-order valence-electron chi connectivity index (χ3n) is 4.06. The lowest BCUT2D eigenvalue weighted by molar-refractivity contribution is -0.124. The van der Waals surface area contributed by atoms with E-state index in [1.165, 1.54) is 6.08 Å². The van der Waals surface area contributed by atoms with Crippen LogP contribution in [0.4, 0.5) is 0 Å². The van der Waals surface area contributed by atoms with Crippen molar-refractivity contribution >= 4 is 23.6 Å². The molecule has 26 heavy (non-hydrogen) atoms. The van der Waals surface area contributed by atoms with Gasteiger partial charge < -0.3 is 4.57 Å². The van der Waals surface area contributed by atoms with E-state index in [0.717, 1.165) is 28.1 Å². The van der Waals surface area contributed by atoms with Crippen LogP contribution < -0.4 is 5.48 Å². The molecule has 6 heteroatoms. The van der Waals surface area contributed by atoms with Gasteiger partial charge in [0.2, 0.25) is 0 Å². The Kier molecular flexibility index (Phi) is 5.51. The van der Waals surface area contributed by atoms with Crippen LogP contribution in [0, 0.1) is 6.92 Å². The Morgan fingerprint density at radius 3 is 2.77 bits per heavy atom. The minimum absolute atomic E-state index is 0.562. The lowest BCUT2D eigenvalue weighted by Gasteiger charge is -2.07. The number of nitrogens with one attached hydrogen (secondary N) is 1. The SMILES string of the molecule is Cc1c(-c2ccc(Cl)cc2)ncn1Cc1cccc(/C=C/C(=O)NO)c1. The van der Waals surface area contributed by atoms with E-state index in [9.17, 15) is 4.79 Å². The number of aromatic nitrogens is 2. The molecule has 0 radical (unpaired) electrons. The highest BCUT2D eigenvalue weighted by molar-refractivity contribution is 6.30. The van der Waals surface area contributed by atoms with Crippen LogP contribution in [-0.4, -0.2) is 20.7 Å². The van der Waals surface area contributed by atoms with Gasteiger partial charge in [-0.25, -0.2) is 10.5 Å². The molecular formula is C20H18ClN3O2. The van der Waals surface area contributed by atoms with Crippen molar-refractivity contribution < 1.29 is 10.0 Å². The second-order valence-corrected chi connectivity index (χ2v) is 6.30. The van der Waals surface area contributed by atoms with Gasteiger partial charge in [0.1, 0.15) is 0 Å². The summed E-state index contributed by atoms with van der Waals surface area (Å²) in [5.74, 6) is -0.562. The number of rotatable bonds is 5. The van der Waals surface area contributed by atoms with Crippen LogP contribution in [0.15, 0.2) is 60.9 Å². The molecule has 0 aliphatic rings. The van der Waals surface area contributed by atoms with Crippen molar-refractivity contribution in [3.8, 4) is 11.3 Å². The molecular weight excluding hydrogens is 350 g/mol. The molecule has 3 rings (SSSR count). The lowest BCUT2D eigenvalue weighted by Crippen LogP contribution is -2.14. The molecule has 0 saturated carbocycles. The summed E-state index contributed by atoms with van der Waals surface area (Å²) in [6.07, 6.45) is 4.75. The molecule has 2 aromatic carbocycles. The Labute approximate surface area is 156 Å². The minimum Gasteiger partial charge on any atom is -0.330 e. The zero-order chi connectivity index (χ0) is 18.5. The molecule has 0 bridgehead atoms. The number of benzene rings is 2. The van der Waals surface area contributed by atoms with Gasteiger partial charge in [-0.1, -0.05) is 41.9 Å². The van der Waals surface area contributed by atoms with Crippen LogP contribution in [0.25, 0.3) is 17.3 Å². The average molecular weight is 368 g/mol. The summed E-state index contributed by atoms with van der Waals surface area (Å²) in [7, 11) is 0. The van der Waals surface area contributed by atoms with Crippen LogP contribution in [0.3, 0.4) is 0 Å². The standard InChI is InChI=1S/C20H18ClN3O2/c1-14-20(17-6-8-18(21)9-7-17)22-13-24(14)12-16-4-2-3-15(11-16)5-10-19(25)23-26/h2-11,13,26H,12H2,1H3,(H,23,25)/b10-5+. The summed E-state index contributed by atoms with van der Waals surface area (Å²) >= 11 is 5.95. The van der Waals surface area contributed by atoms with Crippen molar-refractivity contribution in [3.63, 3.8) is 0 Å². The van der Waals surface area contributed by atoms with Crippen LogP contribution in [0.1, 0.15) is 16.8 Å². The van der Waals surface area contributed by atoms with E-state index in [0.29, 0.717) is 11.6 Å². The Balaban J connectivity index is 1.81. The molecule has 0 spiro atoms. The van der Waals surface area contributed by atoms with E-state index in [2.05, 4.69) is 9.55 Å². The number of amides is 1. The number of imidazole rings is 1. The van der Waals surface area contributed by atoms with E-state index in [4.69, 9.17) is 16.8 Å². The molecule has 0 fully saturated rings. The van der Waals surface area contributed by atoms with Gasteiger partial charge in [0.15, 0.2) is 0 Å². The summed E-state index contributed by atoms with van der Waals surface area (Å²) in [4.78, 5) is 15.6. The molecule has 0 aliphatic carbocycles. The van der Waals surface area contributed by atoms with Crippen molar-refractivity contribution in [3.05, 3.63) is 82.8 Å². The molecule has 1 amide bonds. The smallest absolute Gasteiger partial charge is 0.267 e. The maximum Gasteiger partial charge on any atom is 0.267 e. The summed E-state index contributed by atoms with van der Waals surface area (Å²) < 4.78 is 2.08. The molecule has 0 unspecified atom stereocenters. The van der Waals surface area contributed by atoms with Crippen molar-refractivity contribution in [1.82, 2.24) is 15.0 Å². The summed E-state index contributed by atoms with van der Waals surface area (Å²) in [6.45, 7) is 2.70. The Hall–Kier alpha value is -2.89. The van der Waals surface area contributed by atoms with Crippen molar-refractivity contribution in [1.29, 1.82) is 0 Å². The average Bonchev–Trinajstić information content (AvgIpc) is 3.01. The number of carbonyl (C=O) groups excluding carboxylic acids is 1. The minimum atomic E-state index is -0.562. The third kappa shape index (κ3) is 4.20. The van der Waals surface area contributed by atoms with Crippen molar-refractivity contribution in [2.45, 2.75) is 13.5 Å². The zero-order valence-corrected chi connectivity index (χ0v) is 14.9. The van der Waals surface area contributed by atoms with Gasteiger partial charge in [0.05, 0.1) is 12.0 Å². The Morgan fingerprint density at radius 1 is 1.27 bits per heavy atom. The monoisotopic (exact) mass is 367 g/mol. The summed E-state index contributed by atoms with van der Waals surface area (Å²) in [5, 5.41) is 9.24. The highest BCUT2D eigenvalue weighted by atomic mass is 35.5. The lowest BCUT2D eigenvalue weighted by atomic mass is 10.1. The first-order chi connectivity index (χ1) is 12.6. The fourth-order valence-electron chi connectivity index (χ4n) is 2.70. The van der Waals surface area contributed by atoms with Gasteiger partial charge in [0, 0.05) is 28.9 Å². The third-order valence-corrected chi connectivity index (χ3v) is 4.31. The number of hydrogen-bond acceptors (Lipinski definition) is 3. The molecule has 132 valence electrons. The number of carbonyl (C=O) groups is 1. The van der Waals surface area contributed by atoms with E-state index in [1.807, 2.05) is 61.8 Å². The normalized spacial score (nSPS) is 11.0. The second-order valence-electron chi connectivity index (χ2n) is 5.87. The Bertz CT molecular complexity index is 946. The van der Waals surface area contributed by atoms with Crippen molar-refractivity contribution in [2.75, 3.05) is 0 Å². The number of hydroxylamine groups is 1. The number of halogens is 1. The maximum atomic E-state index is 11.1. The van der Waals surface area contributed by atoms with E-state index in [-0.39, 0.29) is 0 Å². The molecule has 0 aliphatic heterocycles. The van der Waals surface area contributed by atoms with Crippen molar-refractivity contribution in [2.24, 2.45) is 0 Å². The van der Waals surface area contributed by atoms with Gasteiger partial charge in [-0.05, 0) is 42.3 Å². The van der Waals surface area contributed by atoms with Crippen LogP contribution >= 0.6 is 11.6 Å². The predicted molar refractivity (Wildman–Crippen MR) is 102 cm³/mol. The molecule has 0 saturated heterocycles. The van der Waals surface area contributed by atoms with Gasteiger partial charge in [-0.3, -0.25) is 10.0 Å². The van der Waals surface area contributed by atoms with Gasteiger partial charge in [-0.15, -0.1) is 0 Å². The fraction of sp³-hybridized carbons (Fsp3) is 0.100. The zero-order valence-electron chi connectivity index (χ0n) is 14.2. The number of nitrogens with zero attached hydrogens (tertiary/aromatic N) is 2. The van der Waals surface area contributed by atoms with E-state index >= 15 is 0 Å². The van der Waals surface area contributed by atoms with Gasteiger partial charge >= 0.3 is 0 Å².